The van der Waals surface area contributed by atoms with Crippen molar-refractivity contribution in [3.63, 3.8) is 0 Å². The van der Waals surface area contributed by atoms with Gasteiger partial charge in [-0.25, -0.2) is 4.98 Å². The van der Waals surface area contributed by atoms with Crippen LogP contribution in [-0.4, -0.2) is 24.6 Å². The molecule has 0 N–H and O–H groups in total. The van der Waals surface area contributed by atoms with E-state index in [9.17, 15) is 0 Å². The van der Waals surface area contributed by atoms with Gasteiger partial charge in [-0.15, -0.1) is 23.5 Å². The van der Waals surface area contributed by atoms with Gasteiger partial charge in [-0.3, -0.25) is 0 Å². The van der Waals surface area contributed by atoms with Crippen LogP contribution in [0.3, 0.4) is 0 Å². The minimum atomic E-state index is 0.395. The van der Waals surface area contributed by atoms with Crippen LogP contribution in [0.4, 0.5) is 0 Å². The van der Waals surface area contributed by atoms with Crippen LogP contribution in [-0.2, 0) is 6.54 Å². The highest BCUT2D eigenvalue weighted by atomic mass is 32.2. The van der Waals surface area contributed by atoms with E-state index in [1.807, 2.05) is 12.5 Å². The van der Waals surface area contributed by atoms with Gasteiger partial charge in [0, 0.05) is 29.9 Å². The maximum Gasteiger partial charge on any atom is 0.0946 e. The molecule has 21 heavy (non-hydrogen) atoms. The van der Waals surface area contributed by atoms with E-state index >= 15 is 0 Å². The molecule has 0 amide bonds. The summed E-state index contributed by atoms with van der Waals surface area (Å²) in [6, 6.07) is 0. The molecule has 1 fully saturated rings. The van der Waals surface area contributed by atoms with E-state index in [1.165, 1.54) is 57.1 Å². The van der Waals surface area contributed by atoms with Crippen molar-refractivity contribution in [3.8, 4) is 0 Å². The number of thioether (sulfide) groups is 2. The van der Waals surface area contributed by atoms with Gasteiger partial charge in [0.25, 0.3) is 0 Å². The maximum absolute atomic E-state index is 4.21. The SMILES string of the molecule is CCCCCCCCC1(Cn2ccnc2)SCC(CC)S1. The highest BCUT2D eigenvalue weighted by Gasteiger charge is 2.39. The fourth-order valence-corrected chi connectivity index (χ4v) is 6.82. The third-order valence-corrected chi connectivity index (χ3v) is 8.14. The van der Waals surface area contributed by atoms with Crippen LogP contribution in [0.5, 0.6) is 0 Å². The zero-order valence-corrected chi connectivity index (χ0v) is 15.2. The predicted octanol–water partition coefficient (Wildman–Crippen LogP) is 5.59. The molecule has 1 aliphatic heterocycles. The molecule has 120 valence electrons. The van der Waals surface area contributed by atoms with Crippen molar-refractivity contribution in [2.75, 3.05) is 5.75 Å². The number of aromatic nitrogens is 2. The topological polar surface area (TPSA) is 17.8 Å². The van der Waals surface area contributed by atoms with Crippen molar-refractivity contribution in [1.29, 1.82) is 0 Å². The van der Waals surface area contributed by atoms with Crippen molar-refractivity contribution >= 4 is 23.5 Å². The first-order chi connectivity index (χ1) is 10.3. The van der Waals surface area contributed by atoms with Crippen molar-refractivity contribution in [2.45, 2.75) is 81.1 Å². The van der Waals surface area contributed by atoms with E-state index < -0.39 is 0 Å². The van der Waals surface area contributed by atoms with E-state index in [4.69, 9.17) is 0 Å². The molecule has 0 radical (unpaired) electrons. The minimum absolute atomic E-state index is 0.395. The molecule has 0 aliphatic carbocycles. The Hall–Kier alpha value is -0.0900. The predicted molar refractivity (Wildman–Crippen MR) is 97.1 cm³/mol. The van der Waals surface area contributed by atoms with Gasteiger partial charge in [-0.2, -0.15) is 0 Å². The van der Waals surface area contributed by atoms with Crippen LogP contribution in [0.25, 0.3) is 0 Å². The van der Waals surface area contributed by atoms with Crippen LogP contribution in [0.1, 0.15) is 65.2 Å². The standard InChI is InChI=1S/C17H30N2S2/c1-3-5-6-7-8-9-10-17(14-19-12-11-18-15-19)20-13-16(4-2)21-17/h11-12,15-16H,3-10,13-14H2,1-2H3. The van der Waals surface area contributed by atoms with Gasteiger partial charge in [-0.1, -0.05) is 52.4 Å². The number of hydrogen-bond acceptors (Lipinski definition) is 3. The molecule has 2 nitrogen and oxygen atoms in total. The Labute approximate surface area is 138 Å². The number of hydrogen-bond donors (Lipinski definition) is 0. The van der Waals surface area contributed by atoms with Gasteiger partial charge < -0.3 is 4.57 Å². The molecule has 2 rings (SSSR count). The molecule has 1 aliphatic rings. The summed E-state index contributed by atoms with van der Waals surface area (Å²) in [5, 5.41) is 0.846. The average Bonchev–Trinajstić information content (AvgIpc) is 3.13. The second kappa shape index (κ2) is 9.14. The van der Waals surface area contributed by atoms with Crippen molar-refractivity contribution < 1.29 is 0 Å². The molecule has 2 atom stereocenters. The van der Waals surface area contributed by atoms with E-state index in [0.29, 0.717) is 4.08 Å². The quantitative estimate of drug-likeness (QED) is 0.522. The number of unbranched alkanes of at least 4 members (excludes halogenated alkanes) is 5. The van der Waals surface area contributed by atoms with E-state index in [0.717, 1.165) is 11.8 Å². The van der Waals surface area contributed by atoms with E-state index in [1.54, 1.807) is 0 Å². The summed E-state index contributed by atoms with van der Waals surface area (Å²) < 4.78 is 2.67. The lowest BCUT2D eigenvalue weighted by Gasteiger charge is -2.28. The first-order valence-electron chi connectivity index (χ1n) is 8.55. The summed E-state index contributed by atoms with van der Waals surface area (Å²) in [5.74, 6) is 1.33. The van der Waals surface area contributed by atoms with Gasteiger partial charge >= 0.3 is 0 Å². The number of imidazole rings is 1. The van der Waals surface area contributed by atoms with Gasteiger partial charge in [0.05, 0.1) is 10.4 Å². The van der Waals surface area contributed by atoms with E-state index in [2.05, 4.69) is 53.1 Å². The maximum atomic E-state index is 4.21. The van der Waals surface area contributed by atoms with Crippen LogP contribution in [0.15, 0.2) is 18.7 Å². The molecule has 2 heterocycles. The summed E-state index contributed by atoms with van der Waals surface area (Å²) in [6.45, 7) is 5.74. The molecular formula is C17H30N2S2. The Morgan fingerprint density at radius 3 is 2.67 bits per heavy atom. The molecule has 0 bridgehead atoms. The summed E-state index contributed by atoms with van der Waals surface area (Å²) in [6.07, 6.45) is 17.0. The summed E-state index contributed by atoms with van der Waals surface area (Å²) in [5.41, 5.74) is 0. The van der Waals surface area contributed by atoms with Crippen molar-refractivity contribution in [2.24, 2.45) is 0 Å². The van der Waals surface area contributed by atoms with Gasteiger partial charge in [0.1, 0.15) is 0 Å². The summed E-state index contributed by atoms with van der Waals surface area (Å²) in [7, 11) is 0. The first-order valence-corrected chi connectivity index (χ1v) is 10.4. The Balaban J connectivity index is 1.81. The lowest BCUT2D eigenvalue weighted by atomic mass is 10.1. The third-order valence-electron chi connectivity index (χ3n) is 4.26. The summed E-state index contributed by atoms with van der Waals surface area (Å²) in [4.78, 5) is 4.21. The lowest BCUT2D eigenvalue weighted by molar-refractivity contribution is 0.533. The zero-order valence-electron chi connectivity index (χ0n) is 13.6. The summed E-state index contributed by atoms with van der Waals surface area (Å²) >= 11 is 4.44. The fraction of sp³-hybridized carbons (Fsp3) is 0.824. The van der Waals surface area contributed by atoms with Crippen molar-refractivity contribution in [3.05, 3.63) is 18.7 Å². The molecular weight excluding hydrogens is 296 g/mol. The second-order valence-corrected chi connectivity index (χ2v) is 9.47. The molecule has 2 unspecified atom stereocenters. The van der Waals surface area contributed by atoms with Crippen LogP contribution in [0.2, 0.25) is 0 Å². The fourth-order valence-electron chi connectivity index (χ4n) is 2.94. The zero-order chi connectivity index (χ0) is 15.0. The molecule has 0 saturated carbocycles. The molecule has 1 saturated heterocycles. The highest BCUT2D eigenvalue weighted by Crippen LogP contribution is 2.52. The Morgan fingerprint density at radius 2 is 2.00 bits per heavy atom. The van der Waals surface area contributed by atoms with E-state index in [-0.39, 0.29) is 0 Å². The average molecular weight is 327 g/mol. The lowest BCUT2D eigenvalue weighted by Crippen LogP contribution is -2.24. The molecule has 1 aromatic rings. The molecule has 0 spiro atoms. The Bertz CT molecular complexity index is 380. The number of nitrogens with zero attached hydrogens (tertiary/aromatic N) is 2. The van der Waals surface area contributed by atoms with Crippen molar-refractivity contribution in [1.82, 2.24) is 9.55 Å². The van der Waals surface area contributed by atoms with Crippen LogP contribution >= 0.6 is 23.5 Å². The minimum Gasteiger partial charge on any atom is -0.335 e. The molecule has 1 aromatic heterocycles. The smallest absolute Gasteiger partial charge is 0.0946 e. The third kappa shape index (κ3) is 5.55. The van der Waals surface area contributed by atoms with Gasteiger partial charge in [0.2, 0.25) is 0 Å². The highest BCUT2D eigenvalue weighted by molar-refractivity contribution is 8.21. The van der Waals surface area contributed by atoms with Crippen LogP contribution < -0.4 is 0 Å². The Kier molecular flexibility index (Phi) is 7.51. The normalized spacial score (nSPS) is 25.5. The monoisotopic (exact) mass is 326 g/mol. The second-order valence-electron chi connectivity index (χ2n) is 6.12. The Morgan fingerprint density at radius 1 is 1.19 bits per heavy atom. The van der Waals surface area contributed by atoms with Gasteiger partial charge in [0.15, 0.2) is 0 Å². The molecule has 4 heteroatoms. The van der Waals surface area contributed by atoms with Crippen LogP contribution in [0, 0.1) is 0 Å². The largest absolute Gasteiger partial charge is 0.335 e. The van der Waals surface area contributed by atoms with Gasteiger partial charge in [-0.05, 0) is 12.8 Å². The first kappa shape index (κ1) is 17.3. The molecule has 0 aromatic carbocycles. The number of rotatable bonds is 10.